The first-order valence-corrected chi connectivity index (χ1v) is 11.3. The SMILES string of the molecule is Cc1cccc(N(CC(=O)N[C@@H]2C[C@H]3CC[C@H]2C3)S(=O)(=O)c2ccccc2)c1. The zero-order valence-electron chi connectivity index (χ0n) is 16.0. The fourth-order valence-corrected chi connectivity index (χ4v) is 6.06. The molecule has 28 heavy (non-hydrogen) atoms. The van der Waals surface area contributed by atoms with E-state index in [2.05, 4.69) is 5.32 Å². The van der Waals surface area contributed by atoms with E-state index in [4.69, 9.17) is 0 Å². The van der Waals surface area contributed by atoms with E-state index >= 15 is 0 Å². The Labute approximate surface area is 166 Å². The molecule has 148 valence electrons. The van der Waals surface area contributed by atoms with Crippen molar-refractivity contribution in [3.63, 3.8) is 0 Å². The molecule has 0 heterocycles. The molecular formula is C22H26N2O3S. The molecular weight excluding hydrogens is 372 g/mol. The van der Waals surface area contributed by atoms with Crippen LogP contribution in [0.25, 0.3) is 0 Å². The quantitative estimate of drug-likeness (QED) is 0.810. The second-order valence-corrected chi connectivity index (χ2v) is 9.87. The minimum absolute atomic E-state index is 0.184. The third kappa shape index (κ3) is 3.78. The molecule has 2 saturated carbocycles. The number of hydrogen-bond donors (Lipinski definition) is 1. The fraction of sp³-hybridized carbons (Fsp3) is 0.409. The molecule has 6 heteroatoms. The molecule has 0 aromatic heterocycles. The maximum atomic E-state index is 13.3. The van der Waals surface area contributed by atoms with Gasteiger partial charge in [0.25, 0.3) is 10.0 Å². The van der Waals surface area contributed by atoms with Crippen LogP contribution in [0.4, 0.5) is 5.69 Å². The molecule has 3 atom stereocenters. The minimum atomic E-state index is -3.84. The number of benzene rings is 2. The van der Waals surface area contributed by atoms with E-state index in [9.17, 15) is 13.2 Å². The highest BCUT2D eigenvalue weighted by molar-refractivity contribution is 7.92. The molecule has 0 aliphatic heterocycles. The summed E-state index contributed by atoms with van der Waals surface area (Å²) < 4.78 is 27.8. The average molecular weight is 399 g/mol. The molecule has 5 nitrogen and oxygen atoms in total. The maximum Gasteiger partial charge on any atom is 0.264 e. The molecule has 0 unspecified atom stereocenters. The number of carbonyl (C=O) groups is 1. The number of carbonyl (C=O) groups excluding carboxylic acids is 1. The zero-order chi connectivity index (χ0) is 19.7. The Morgan fingerprint density at radius 2 is 1.86 bits per heavy atom. The standard InChI is InChI=1S/C22H26N2O3S/c1-16-6-5-7-19(12-16)24(28(26,27)20-8-3-2-4-9-20)15-22(25)23-21-14-17-10-11-18(21)13-17/h2-9,12,17-18,21H,10-11,13-15H2,1H3,(H,23,25)/t17-,18-,21+/m0/s1. The first kappa shape index (κ1) is 19.0. The smallest absolute Gasteiger partial charge is 0.264 e. The van der Waals surface area contributed by atoms with Crippen LogP contribution in [0.2, 0.25) is 0 Å². The molecule has 0 spiro atoms. The van der Waals surface area contributed by atoms with Crippen molar-refractivity contribution in [2.45, 2.75) is 43.5 Å². The lowest BCUT2D eigenvalue weighted by Gasteiger charge is -2.27. The Bertz CT molecular complexity index is 959. The Balaban J connectivity index is 1.59. The summed E-state index contributed by atoms with van der Waals surface area (Å²) in [6.45, 7) is 1.70. The number of nitrogens with zero attached hydrogens (tertiary/aromatic N) is 1. The zero-order valence-corrected chi connectivity index (χ0v) is 16.9. The molecule has 0 radical (unpaired) electrons. The van der Waals surface area contributed by atoms with Crippen molar-refractivity contribution in [3.05, 3.63) is 60.2 Å². The van der Waals surface area contributed by atoms with Crippen molar-refractivity contribution in [3.8, 4) is 0 Å². The van der Waals surface area contributed by atoms with Crippen molar-refractivity contribution >= 4 is 21.6 Å². The number of nitrogens with one attached hydrogen (secondary N) is 1. The van der Waals surface area contributed by atoms with Gasteiger partial charge in [-0.1, -0.05) is 36.8 Å². The van der Waals surface area contributed by atoms with Crippen LogP contribution in [0, 0.1) is 18.8 Å². The van der Waals surface area contributed by atoms with Gasteiger partial charge in [0, 0.05) is 6.04 Å². The van der Waals surface area contributed by atoms with Gasteiger partial charge in [-0.2, -0.15) is 0 Å². The predicted octanol–water partition coefficient (Wildman–Crippen LogP) is 3.50. The van der Waals surface area contributed by atoms with Crippen LogP contribution in [-0.4, -0.2) is 26.9 Å². The number of sulfonamides is 1. The largest absolute Gasteiger partial charge is 0.352 e. The van der Waals surface area contributed by atoms with Crippen LogP contribution >= 0.6 is 0 Å². The molecule has 2 fully saturated rings. The highest BCUT2D eigenvalue weighted by Gasteiger charge is 2.40. The number of fused-ring (bicyclic) bond motifs is 2. The fourth-order valence-electron chi connectivity index (χ4n) is 4.62. The minimum Gasteiger partial charge on any atom is -0.352 e. The van der Waals surface area contributed by atoms with Crippen LogP contribution in [0.1, 0.15) is 31.2 Å². The van der Waals surface area contributed by atoms with E-state index in [0.29, 0.717) is 11.6 Å². The van der Waals surface area contributed by atoms with Crippen molar-refractivity contribution < 1.29 is 13.2 Å². The van der Waals surface area contributed by atoms with Gasteiger partial charge >= 0.3 is 0 Å². The molecule has 2 aromatic carbocycles. The summed E-state index contributed by atoms with van der Waals surface area (Å²) in [5.41, 5.74) is 1.45. The third-order valence-corrected chi connectivity index (χ3v) is 7.78. The van der Waals surface area contributed by atoms with E-state index in [0.717, 1.165) is 17.9 Å². The van der Waals surface area contributed by atoms with Crippen molar-refractivity contribution in [1.82, 2.24) is 5.32 Å². The third-order valence-electron chi connectivity index (χ3n) is 5.99. The highest BCUT2D eigenvalue weighted by atomic mass is 32.2. The van der Waals surface area contributed by atoms with Gasteiger partial charge in [-0.05, 0) is 67.9 Å². The maximum absolute atomic E-state index is 13.3. The molecule has 2 aliphatic carbocycles. The van der Waals surface area contributed by atoms with E-state index in [1.165, 1.54) is 23.6 Å². The van der Waals surface area contributed by atoms with Crippen LogP contribution < -0.4 is 9.62 Å². The van der Waals surface area contributed by atoms with Crippen LogP contribution in [-0.2, 0) is 14.8 Å². The molecule has 2 aliphatic rings. The van der Waals surface area contributed by atoms with Gasteiger partial charge in [0.05, 0.1) is 10.6 Å². The molecule has 2 bridgehead atoms. The van der Waals surface area contributed by atoms with E-state index in [-0.39, 0.29) is 23.4 Å². The Morgan fingerprint density at radius 3 is 2.50 bits per heavy atom. The van der Waals surface area contributed by atoms with Gasteiger partial charge in [-0.15, -0.1) is 0 Å². The topological polar surface area (TPSA) is 66.5 Å². The van der Waals surface area contributed by atoms with Gasteiger partial charge in [-0.3, -0.25) is 9.10 Å². The van der Waals surface area contributed by atoms with Crippen molar-refractivity contribution in [2.24, 2.45) is 11.8 Å². The molecule has 1 amide bonds. The van der Waals surface area contributed by atoms with Crippen molar-refractivity contribution in [1.29, 1.82) is 0 Å². The van der Waals surface area contributed by atoms with E-state index < -0.39 is 10.0 Å². The lowest BCUT2D eigenvalue weighted by molar-refractivity contribution is -0.120. The second-order valence-electron chi connectivity index (χ2n) is 8.01. The van der Waals surface area contributed by atoms with Gasteiger partial charge in [0.2, 0.25) is 5.91 Å². The lowest BCUT2D eigenvalue weighted by atomic mass is 9.95. The van der Waals surface area contributed by atoms with Gasteiger partial charge in [-0.25, -0.2) is 8.42 Å². The molecule has 2 aromatic rings. The normalized spacial score (nSPS) is 23.5. The number of anilines is 1. The monoisotopic (exact) mass is 398 g/mol. The number of amides is 1. The van der Waals surface area contributed by atoms with Crippen LogP contribution in [0.15, 0.2) is 59.5 Å². The Hall–Kier alpha value is -2.34. The van der Waals surface area contributed by atoms with Crippen LogP contribution in [0.3, 0.4) is 0 Å². The number of hydrogen-bond acceptors (Lipinski definition) is 3. The highest BCUT2D eigenvalue weighted by Crippen LogP contribution is 2.44. The predicted molar refractivity (Wildman–Crippen MR) is 110 cm³/mol. The van der Waals surface area contributed by atoms with Gasteiger partial charge < -0.3 is 5.32 Å². The summed E-state index contributed by atoms with van der Waals surface area (Å²) >= 11 is 0. The number of rotatable bonds is 6. The summed E-state index contributed by atoms with van der Waals surface area (Å²) in [6, 6.07) is 15.7. The van der Waals surface area contributed by atoms with Crippen molar-refractivity contribution in [2.75, 3.05) is 10.8 Å². The number of aryl methyl sites for hydroxylation is 1. The summed E-state index contributed by atoms with van der Waals surface area (Å²) in [4.78, 5) is 13.0. The first-order chi connectivity index (χ1) is 13.4. The summed E-state index contributed by atoms with van der Waals surface area (Å²) in [5, 5.41) is 3.10. The summed E-state index contributed by atoms with van der Waals surface area (Å²) in [6.07, 6.45) is 4.63. The van der Waals surface area contributed by atoms with Crippen LogP contribution in [0.5, 0.6) is 0 Å². The average Bonchev–Trinajstić information content (AvgIpc) is 3.30. The Morgan fingerprint density at radius 1 is 1.07 bits per heavy atom. The molecule has 4 rings (SSSR count). The Kier molecular flexibility index (Phi) is 5.15. The van der Waals surface area contributed by atoms with E-state index in [1.807, 2.05) is 19.1 Å². The summed E-state index contributed by atoms with van der Waals surface area (Å²) in [7, 11) is -3.84. The van der Waals surface area contributed by atoms with E-state index in [1.54, 1.807) is 42.5 Å². The summed E-state index contributed by atoms with van der Waals surface area (Å²) in [5.74, 6) is 1.03. The van der Waals surface area contributed by atoms with Gasteiger partial charge in [0.15, 0.2) is 0 Å². The molecule has 1 N–H and O–H groups in total. The van der Waals surface area contributed by atoms with Gasteiger partial charge in [0.1, 0.15) is 6.54 Å². The lowest BCUT2D eigenvalue weighted by Crippen LogP contribution is -2.46. The first-order valence-electron chi connectivity index (χ1n) is 9.87. The second kappa shape index (κ2) is 7.59. The molecule has 0 saturated heterocycles.